The van der Waals surface area contributed by atoms with Gasteiger partial charge in [0.1, 0.15) is 0 Å². The molecule has 0 aliphatic heterocycles. The zero-order valence-corrected chi connectivity index (χ0v) is 16.1. The van der Waals surface area contributed by atoms with Gasteiger partial charge in [-0.05, 0) is 43.2 Å². The second-order valence-electron chi connectivity index (χ2n) is 5.68. The zero-order chi connectivity index (χ0) is 18.0. The molecule has 0 aliphatic carbocycles. The van der Waals surface area contributed by atoms with Gasteiger partial charge in [-0.2, -0.15) is 0 Å². The molecule has 0 fully saturated rings. The highest BCUT2D eigenvalue weighted by Crippen LogP contribution is 2.30. The van der Waals surface area contributed by atoms with Gasteiger partial charge in [0, 0.05) is 5.39 Å². The van der Waals surface area contributed by atoms with E-state index in [1.807, 2.05) is 25.1 Å². The molecule has 128 valence electrons. The summed E-state index contributed by atoms with van der Waals surface area (Å²) in [5.74, 6) is 0.0510. The number of carbonyl (C=O) groups excluding carboxylic acids is 1. The summed E-state index contributed by atoms with van der Waals surface area (Å²) in [5.41, 5.74) is 3.68. The van der Waals surface area contributed by atoms with E-state index < -0.39 is 0 Å². The molecule has 0 radical (unpaired) electrons. The molecule has 2 aromatic carbocycles. The molecule has 0 atom stereocenters. The fraction of sp³-hybridized carbons (Fsp3) is 0.158. The highest BCUT2D eigenvalue weighted by molar-refractivity contribution is 7.99. The summed E-state index contributed by atoms with van der Waals surface area (Å²) >= 11 is 13.5. The van der Waals surface area contributed by atoms with Crippen LogP contribution in [0.1, 0.15) is 11.1 Å². The first-order chi connectivity index (χ1) is 12.0. The number of aryl methyl sites for hydroxylation is 2. The molecule has 0 saturated carbocycles. The summed E-state index contributed by atoms with van der Waals surface area (Å²) < 4.78 is 0. The van der Waals surface area contributed by atoms with Crippen LogP contribution in [-0.4, -0.2) is 16.6 Å². The molecule has 1 heterocycles. The SMILES string of the molecule is Cc1cc(SCC(=O)Nc2c(Cl)cccc2Cl)nc2c(C)cccc12. The first kappa shape index (κ1) is 18.1. The van der Waals surface area contributed by atoms with Gasteiger partial charge in [-0.25, -0.2) is 4.98 Å². The van der Waals surface area contributed by atoms with E-state index >= 15 is 0 Å². The van der Waals surface area contributed by atoms with Crippen molar-refractivity contribution < 1.29 is 4.79 Å². The van der Waals surface area contributed by atoms with Gasteiger partial charge in [-0.1, -0.05) is 59.2 Å². The largest absolute Gasteiger partial charge is 0.323 e. The van der Waals surface area contributed by atoms with E-state index in [1.54, 1.807) is 18.2 Å². The van der Waals surface area contributed by atoms with E-state index in [0.717, 1.165) is 27.1 Å². The van der Waals surface area contributed by atoms with Crippen LogP contribution in [0.25, 0.3) is 10.9 Å². The summed E-state index contributed by atoms with van der Waals surface area (Å²) in [4.78, 5) is 16.9. The number of hydrogen-bond acceptors (Lipinski definition) is 3. The Morgan fingerprint density at radius 2 is 1.76 bits per heavy atom. The molecule has 1 N–H and O–H groups in total. The average Bonchev–Trinajstić information content (AvgIpc) is 2.57. The number of pyridine rings is 1. The second kappa shape index (κ2) is 7.65. The lowest BCUT2D eigenvalue weighted by molar-refractivity contribution is -0.113. The number of fused-ring (bicyclic) bond motifs is 1. The van der Waals surface area contributed by atoms with Crippen LogP contribution in [0, 0.1) is 13.8 Å². The lowest BCUT2D eigenvalue weighted by atomic mass is 10.1. The molecule has 0 aliphatic rings. The summed E-state index contributed by atoms with van der Waals surface area (Å²) in [6.45, 7) is 4.09. The molecule has 1 amide bonds. The van der Waals surface area contributed by atoms with Crippen LogP contribution in [-0.2, 0) is 4.79 Å². The van der Waals surface area contributed by atoms with Gasteiger partial charge in [0.05, 0.1) is 32.0 Å². The van der Waals surface area contributed by atoms with Crippen molar-refractivity contribution in [3.63, 3.8) is 0 Å². The van der Waals surface area contributed by atoms with Crippen LogP contribution in [0.2, 0.25) is 10.0 Å². The minimum Gasteiger partial charge on any atom is -0.323 e. The number of halogens is 2. The van der Waals surface area contributed by atoms with Crippen LogP contribution in [0.4, 0.5) is 5.69 Å². The lowest BCUT2D eigenvalue weighted by Gasteiger charge is -2.10. The van der Waals surface area contributed by atoms with Crippen molar-refractivity contribution in [3.05, 3.63) is 63.6 Å². The highest BCUT2D eigenvalue weighted by Gasteiger charge is 2.11. The van der Waals surface area contributed by atoms with Crippen molar-refractivity contribution in [3.8, 4) is 0 Å². The van der Waals surface area contributed by atoms with Gasteiger partial charge in [0.15, 0.2) is 0 Å². The van der Waals surface area contributed by atoms with Crippen LogP contribution >= 0.6 is 35.0 Å². The third-order valence-electron chi connectivity index (χ3n) is 3.80. The topological polar surface area (TPSA) is 42.0 Å². The van der Waals surface area contributed by atoms with E-state index in [1.165, 1.54) is 11.8 Å². The van der Waals surface area contributed by atoms with E-state index in [4.69, 9.17) is 23.2 Å². The Labute approximate surface area is 160 Å². The fourth-order valence-electron chi connectivity index (χ4n) is 2.54. The van der Waals surface area contributed by atoms with Crippen LogP contribution in [0.15, 0.2) is 47.5 Å². The summed E-state index contributed by atoms with van der Waals surface area (Å²) in [7, 11) is 0. The molecule has 6 heteroatoms. The molecule has 3 aromatic rings. The molecule has 0 bridgehead atoms. The molecule has 0 unspecified atom stereocenters. The first-order valence-electron chi connectivity index (χ1n) is 7.69. The first-order valence-corrected chi connectivity index (χ1v) is 9.43. The standard InChI is InChI=1S/C19H16Cl2N2OS/c1-11-5-3-6-13-12(2)9-17(23-18(11)13)25-10-16(24)22-19-14(20)7-4-8-15(19)21/h3-9H,10H2,1-2H3,(H,22,24). The van der Waals surface area contributed by atoms with E-state index in [9.17, 15) is 4.79 Å². The predicted molar refractivity (Wildman–Crippen MR) is 107 cm³/mol. The molecule has 0 spiro atoms. The highest BCUT2D eigenvalue weighted by atomic mass is 35.5. The monoisotopic (exact) mass is 390 g/mol. The zero-order valence-electron chi connectivity index (χ0n) is 13.8. The summed E-state index contributed by atoms with van der Waals surface area (Å²) in [6, 6.07) is 13.2. The minimum atomic E-state index is -0.177. The van der Waals surface area contributed by atoms with Crippen molar-refractivity contribution >= 4 is 57.5 Å². The molecular weight excluding hydrogens is 375 g/mol. The van der Waals surface area contributed by atoms with E-state index in [-0.39, 0.29) is 11.7 Å². The van der Waals surface area contributed by atoms with Crippen LogP contribution in [0.5, 0.6) is 0 Å². The van der Waals surface area contributed by atoms with Gasteiger partial charge >= 0.3 is 0 Å². The minimum absolute atomic E-state index is 0.177. The number of hydrogen-bond donors (Lipinski definition) is 1. The normalized spacial score (nSPS) is 10.9. The Bertz CT molecular complexity index is 939. The van der Waals surface area contributed by atoms with E-state index in [2.05, 4.69) is 23.3 Å². The van der Waals surface area contributed by atoms with Crippen molar-refractivity contribution in [2.45, 2.75) is 18.9 Å². The maximum atomic E-state index is 12.2. The van der Waals surface area contributed by atoms with Gasteiger partial charge in [-0.3, -0.25) is 4.79 Å². The fourth-order valence-corrected chi connectivity index (χ4v) is 3.80. The number of carbonyl (C=O) groups is 1. The summed E-state index contributed by atoms with van der Waals surface area (Å²) in [5, 5.41) is 5.55. The number of anilines is 1. The Morgan fingerprint density at radius 1 is 1.08 bits per heavy atom. The quantitative estimate of drug-likeness (QED) is 0.564. The third-order valence-corrected chi connectivity index (χ3v) is 5.34. The van der Waals surface area contributed by atoms with E-state index in [0.29, 0.717) is 15.7 Å². The van der Waals surface area contributed by atoms with Gasteiger partial charge < -0.3 is 5.32 Å². The van der Waals surface area contributed by atoms with Gasteiger partial charge in [0.2, 0.25) is 5.91 Å². The van der Waals surface area contributed by atoms with Crippen molar-refractivity contribution in [2.24, 2.45) is 0 Å². The van der Waals surface area contributed by atoms with Crippen LogP contribution < -0.4 is 5.32 Å². The predicted octanol–water partition coefficient (Wildman–Crippen LogP) is 5.89. The number of benzene rings is 2. The van der Waals surface area contributed by atoms with Crippen molar-refractivity contribution in [2.75, 3.05) is 11.1 Å². The molecule has 3 nitrogen and oxygen atoms in total. The smallest absolute Gasteiger partial charge is 0.234 e. The number of thioether (sulfide) groups is 1. The molecule has 1 aromatic heterocycles. The number of nitrogens with zero attached hydrogens (tertiary/aromatic N) is 1. The number of nitrogens with one attached hydrogen (secondary N) is 1. The van der Waals surface area contributed by atoms with Gasteiger partial charge in [0.25, 0.3) is 0 Å². The van der Waals surface area contributed by atoms with Gasteiger partial charge in [-0.15, -0.1) is 0 Å². The maximum absolute atomic E-state index is 12.2. The summed E-state index contributed by atoms with van der Waals surface area (Å²) in [6.07, 6.45) is 0. The molecule has 25 heavy (non-hydrogen) atoms. The average molecular weight is 391 g/mol. The van der Waals surface area contributed by atoms with Crippen molar-refractivity contribution in [1.82, 2.24) is 4.98 Å². The second-order valence-corrected chi connectivity index (χ2v) is 7.49. The molecule has 0 saturated heterocycles. The maximum Gasteiger partial charge on any atom is 0.234 e. The number of rotatable bonds is 4. The van der Waals surface area contributed by atoms with Crippen LogP contribution in [0.3, 0.4) is 0 Å². The Morgan fingerprint density at radius 3 is 2.48 bits per heavy atom. The Balaban J connectivity index is 1.74. The number of amides is 1. The lowest BCUT2D eigenvalue weighted by Crippen LogP contribution is -2.14. The number of para-hydroxylation sites is 2. The molecule has 3 rings (SSSR count). The van der Waals surface area contributed by atoms with Crippen molar-refractivity contribution in [1.29, 1.82) is 0 Å². The number of aromatic nitrogens is 1. The Kier molecular flexibility index (Phi) is 5.52. The third kappa shape index (κ3) is 4.09. The Hall–Kier alpha value is -1.75. The molecular formula is C19H16Cl2N2OS.